The standard InChI is InChI=1S/C34H21BrClN5/c35-27-15-9-14-26(30(27)36)33-39-31(22-10-3-1-4-11-22)38-32(40-33)23-18-20-25(21-19-23)41-29-17-8-7-16-28(29)37-34(41)24-12-5-2-6-13-24/h1-21H. The van der Waals surface area contributed by atoms with E-state index in [-0.39, 0.29) is 0 Å². The Bertz CT molecular complexity index is 2010. The van der Waals surface area contributed by atoms with Crippen LogP contribution < -0.4 is 0 Å². The molecule has 0 radical (unpaired) electrons. The highest BCUT2D eigenvalue weighted by atomic mass is 79.9. The number of hydrogen-bond donors (Lipinski definition) is 0. The van der Waals surface area contributed by atoms with E-state index in [0.717, 1.165) is 49.3 Å². The molecule has 7 aromatic rings. The second-order valence-electron chi connectivity index (χ2n) is 9.45. The number of rotatable bonds is 5. The first-order valence-electron chi connectivity index (χ1n) is 13.1. The lowest BCUT2D eigenvalue weighted by Crippen LogP contribution is -2.01. The minimum absolute atomic E-state index is 0.510. The van der Waals surface area contributed by atoms with Gasteiger partial charge in [0.2, 0.25) is 0 Å². The van der Waals surface area contributed by atoms with E-state index in [2.05, 4.69) is 50.8 Å². The molecule has 5 nitrogen and oxygen atoms in total. The molecule has 7 heteroatoms. The van der Waals surface area contributed by atoms with Crippen LogP contribution in [0.3, 0.4) is 0 Å². The highest BCUT2D eigenvalue weighted by Gasteiger charge is 2.17. The van der Waals surface area contributed by atoms with Crippen molar-refractivity contribution in [2.45, 2.75) is 0 Å². The van der Waals surface area contributed by atoms with Crippen LogP contribution in [0.4, 0.5) is 0 Å². The van der Waals surface area contributed by atoms with E-state index in [1.54, 1.807) is 0 Å². The van der Waals surface area contributed by atoms with Gasteiger partial charge in [0.15, 0.2) is 17.5 Å². The fourth-order valence-electron chi connectivity index (χ4n) is 4.85. The lowest BCUT2D eigenvalue weighted by atomic mass is 10.1. The first-order valence-corrected chi connectivity index (χ1v) is 14.2. The van der Waals surface area contributed by atoms with Crippen LogP contribution in [-0.4, -0.2) is 24.5 Å². The third kappa shape index (κ3) is 4.82. The number of aromatic nitrogens is 5. The molecule has 0 aliphatic heterocycles. The predicted octanol–water partition coefficient (Wildman–Crippen LogP) is 9.29. The normalized spacial score (nSPS) is 11.2. The van der Waals surface area contributed by atoms with Crippen molar-refractivity contribution in [2.75, 3.05) is 0 Å². The zero-order chi connectivity index (χ0) is 27.8. The number of halogens is 2. The Labute approximate surface area is 250 Å². The Hall–Kier alpha value is -4.65. The van der Waals surface area contributed by atoms with Crippen LogP contribution in [0.15, 0.2) is 132 Å². The summed E-state index contributed by atoms with van der Waals surface area (Å²) in [7, 11) is 0. The average molecular weight is 615 g/mol. The summed E-state index contributed by atoms with van der Waals surface area (Å²) in [4.78, 5) is 19.5. The molecule has 196 valence electrons. The smallest absolute Gasteiger partial charge is 0.165 e. The summed E-state index contributed by atoms with van der Waals surface area (Å²) >= 11 is 10.2. The average Bonchev–Trinajstić information content (AvgIpc) is 3.43. The number of imidazole rings is 1. The molecule has 0 saturated carbocycles. The number of benzene rings is 5. The summed E-state index contributed by atoms with van der Waals surface area (Å²) in [5.41, 5.74) is 6.52. The first kappa shape index (κ1) is 25.3. The van der Waals surface area contributed by atoms with Crippen molar-refractivity contribution in [3.63, 3.8) is 0 Å². The summed E-state index contributed by atoms with van der Waals surface area (Å²) in [6, 6.07) is 42.3. The van der Waals surface area contributed by atoms with Gasteiger partial charge in [0.1, 0.15) is 5.82 Å². The van der Waals surface area contributed by atoms with Crippen molar-refractivity contribution in [3.8, 4) is 51.2 Å². The second kappa shape index (κ2) is 10.7. The summed E-state index contributed by atoms with van der Waals surface area (Å²) in [6.07, 6.45) is 0. The molecule has 0 aliphatic rings. The molecule has 0 saturated heterocycles. The fraction of sp³-hybridized carbons (Fsp3) is 0. The van der Waals surface area contributed by atoms with Crippen molar-refractivity contribution in [2.24, 2.45) is 0 Å². The summed E-state index contributed by atoms with van der Waals surface area (Å²) < 4.78 is 2.97. The number of nitrogens with zero attached hydrogens (tertiary/aromatic N) is 5. The molecule has 0 unspecified atom stereocenters. The van der Waals surface area contributed by atoms with E-state index in [4.69, 9.17) is 31.5 Å². The lowest BCUT2D eigenvalue weighted by molar-refractivity contribution is 1.07. The van der Waals surface area contributed by atoms with E-state index < -0.39 is 0 Å². The van der Waals surface area contributed by atoms with Crippen molar-refractivity contribution < 1.29 is 0 Å². The largest absolute Gasteiger partial charge is 0.292 e. The third-order valence-electron chi connectivity index (χ3n) is 6.84. The quantitative estimate of drug-likeness (QED) is 0.194. The van der Waals surface area contributed by atoms with E-state index in [9.17, 15) is 0 Å². The number of hydrogen-bond acceptors (Lipinski definition) is 4. The molecule has 0 fully saturated rings. The molecule has 0 aliphatic carbocycles. The van der Waals surface area contributed by atoms with Crippen molar-refractivity contribution >= 4 is 38.6 Å². The van der Waals surface area contributed by atoms with Gasteiger partial charge < -0.3 is 0 Å². The zero-order valence-electron chi connectivity index (χ0n) is 21.6. The summed E-state index contributed by atoms with van der Waals surface area (Å²) in [5.74, 6) is 2.54. The van der Waals surface area contributed by atoms with Gasteiger partial charge in [-0.2, -0.15) is 0 Å². The maximum Gasteiger partial charge on any atom is 0.165 e. The fourth-order valence-corrected chi connectivity index (χ4v) is 5.42. The zero-order valence-corrected chi connectivity index (χ0v) is 24.0. The predicted molar refractivity (Wildman–Crippen MR) is 169 cm³/mol. The maximum absolute atomic E-state index is 6.66. The van der Waals surface area contributed by atoms with Gasteiger partial charge in [0.25, 0.3) is 0 Å². The Balaban J connectivity index is 1.36. The third-order valence-corrected chi connectivity index (χ3v) is 8.13. The molecule has 2 heterocycles. The Morgan fingerprint density at radius 2 is 1.10 bits per heavy atom. The van der Waals surface area contributed by atoms with Crippen molar-refractivity contribution in [1.29, 1.82) is 0 Å². The van der Waals surface area contributed by atoms with Crippen LogP contribution >= 0.6 is 27.5 Å². The van der Waals surface area contributed by atoms with E-state index >= 15 is 0 Å². The molecular weight excluding hydrogens is 594 g/mol. The molecule has 2 aromatic heterocycles. The molecular formula is C34H21BrClN5. The topological polar surface area (TPSA) is 56.5 Å². The maximum atomic E-state index is 6.66. The van der Waals surface area contributed by atoms with E-state index in [0.29, 0.717) is 22.5 Å². The highest BCUT2D eigenvalue weighted by Crippen LogP contribution is 2.34. The van der Waals surface area contributed by atoms with E-state index in [1.165, 1.54) is 0 Å². The molecule has 0 atom stereocenters. The summed E-state index contributed by atoms with van der Waals surface area (Å²) in [6.45, 7) is 0. The summed E-state index contributed by atoms with van der Waals surface area (Å²) in [5, 5.41) is 0.555. The molecule has 0 amide bonds. The van der Waals surface area contributed by atoms with Crippen LogP contribution in [-0.2, 0) is 0 Å². The molecule has 7 rings (SSSR count). The van der Waals surface area contributed by atoms with Gasteiger partial charge in [-0.25, -0.2) is 19.9 Å². The Morgan fingerprint density at radius 1 is 0.512 bits per heavy atom. The van der Waals surface area contributed by atoms with Gasteiger partial charge in [0.05, 0.1) is 16.1 Å². The van der Waals surface area contributed by atoms with Crippen molar-refractivity contribution in [3.05, 3.63) is 137 Å². The highest BCUT2D eigenvalue weighted by molar-refractivity contribution is 9.10. The van der Waals surface area contributed by atoms with Crippen LogP contribution in [0.2, 0.25) is 5.02 Å². The molecule has 0 bridgehead atoms. The Kier molecular flexibility index (Phi) is 6.63. The van der Waals surface area contributed by atoms with Crippen molar-refractivity contribution in [1.82, 2.24) is 24.5 Å². The van der Waals surface area contributed by atoms with Crippen LogP contribution in [0.1, 0.15) is 0 Å². The molecule has 5 aromatic carbocycles. The first-order chi connectivity index (χ1) is 20.2. The van der Waals surface area contributed by atoms with Gasteiger partial charge in [-0.15, -0.1) is 0 Å². The van der Waals surface area contributed by atoms with Gasteiger partial charge in [-0.1, -0.05) is 90.5 Å². The minimum atomic E-state index is 0.510. The van der Waals surface area contributed by atoms with Gasteiger partial charge in [-0.05, 0) is 64.5 Å². The molecule has 41 heavy (non-hydrogen) atoms. The molecule has 0 N–H and O–H groups in total. The van der Waals surface area contributed by atoms with Crippen LogP contribution in [0.5, 0.6) is 0 Å². The van der Waals surface area contributed by atoms with Gasteiger partial charge in [0, 0.05) is 32.4 Å². The SMILES string of the molecule is Clc1c(Br)cccc1-c1nc(-c2ccccc2)nc(-c2ccc(-n3c(-c4ccccc4)nc4ccccc43)cc2)n1. The molecule has 0 spiro atoms. The Morgan fingerprint density at radius 3 is 1.80 bits per heavy atom. The van der Waals surface area contributed by atoms with Crippen LogP contribution in [0.25, 0.3) is 62.3 Å². The minimum Gasteiger partial charge on any atom is -0.292 e. The number of para-hydroxylation sites is 2. The van der Waals surface area contributed by atoms with E-state index in [1.807, 2.05) is 97.1 Å². The van der Waals surface area contributed by atoms with Gasteiger partial charge in [-0.3, -0.25) is 4.57 Å². The monoisotopic (exact) mass is 613 g/mol. The van der Waals surface area contributed by atoms with Crippen LogP contribution in [0, 0.1) is 0 Å². The number of fused-ring (bicyclic) bond motifs is 1. The second-order valence-corrected chi connectivity index (χ2v) is 10.7. The van der Waals surface area contributed by atoms with Gasteiger partial charge >= 0.3 is 0 Å². The lowest BCUT2D eigenvalue weighted by Gasteiger charge is -2.12.